The summed E-state index contributed by atoms with van der Waals surface area (Å²) in [4.78, 5) is 36.1. The number of rotatable bonds is 6. The summed E-state index contributed by atoms with van der Waals surface area (Å²) in [6, 6.07) is 14.8. The van der Waals surface area contributed by atoms with Gasteiger partial charge in [0.25, 0.3) is 0 Å². The number of ether oxygens (including phenoxy) is 1. The molecule has 0 saturated heterocycles. The molecule has 0 amide bonds. The van der Waals surface area contributed by atoms with E-state index < -0.39 is 5.69 Å². The van der Waals surface area contributed by atoms with Gasteiger partial charge in [0.05, 0.1) is 29.0 Å². The van der Waals surface area contributed by atoms with Crippen LogP contribution in [0.1, 0.15) is 20.3 Å². The van der Waals surface area contributed by atoms with Crippen LogP contribution in [0.2, 0.25) is 0 Å². The Morgan fingerprint density at radius 3 is 2.59 bits per heavy atom. The largest absolute Gasteiger partial charge is 0.493 e. The van der Waals surface area contributed by atoms with Crippen LogP contribution in [0.25, 0.3) is 33.5 Å². The predicted octanol–water partition coefficient (Wildman–Crippen LogP) is 3.70. The van der Waals surface area contributed by atoms with Gasteiger partial charge in [0.15, 0.2) is 0 Å². The van der Waals surface area contributed by atoms with Gasteiger partial charge in [-0.05, 0) is 42.7 Å². The van der Waals surface area contributed by atoms with E-state index in [2.05, 4.69) is 33.8 Å². The summed E-state index contributed by atoms with van der Waals surface area (Å²) in [6.45, 7) is 4.90. The minimum absolute atomic E-state index is 0.274. The summed E-state index contributed by atoms with van der Waals surface area (Å²) < 4.78 is 5.96. The number of aromatic nitrogens is 4. The fourth-order valence-corrected chi connectivity index (χ4v) is 3.16. The van der Waals surface area contributed by atoms with Gasteiger partial charge < -0.3 is 19.7 Å². The first-order valence-corrected chi connectivity index (χ1v) is 9.55. The average Bonchev–Trinajstić information content (AvgIpc) is 3.06. The van der Waals surface area contributed by atoms with Gasteiger partial charge >= 0.3 is 11.4 Å². The molecule has 0 aliphatic rings. The van der Waals surface area contributed by atoms with Crippen molar-refractivity contribution in [3.63, 3.8) is 0 Å². The maximum Gasteiger partial charge on any atom is 0.345 e. The van der Waals surface area contributed by atoms with Crippen LogP contribution in [0.3, 0.4) is 0 Å². The molecule has 0 aliphatic carbocycles. The Balaban J connectivity index is 1.74. The maximum absolute atomic E-state index is 12.3. The van der Waals surface area contributed by atoms with Crippen molar-refractivity contribution in [1.29, 1.82) is 0 Å². The molecule has 0 saturated carbocycles. The molecule has 7 heteroatoms. The van der Waals surface area contributed by atoms with E-state index in [0.29, 0.717) is 40.7 Å². The van der Waals surface area contributed by atoms with Crippen molar-refractivity contribution in [2.24, 2.45) is 5.92 Å². The Hall–Kier alpha value is -3.61. The highest BCUT2D eigenvalue weighted by molar-refractivity contribution is 5.81. The summed E-state index contributed by atoms with van der Waals surface area (Å²) in [5.74, 6) is 1.26. The molecule has 4 aromatic rings. The van der Waals surface area contributed by atoms with Crippen molar-refractivity contribution in [1.82, 2.24) is 19.9 Å². The third kappa shape index (κ3) is 4.13. The topological polar surface area (TPSA) is 104 Å². The SMILES string of the molecule is CC(C)CCOc1ccccc1-c1cc(-c2ccc3[nH]c(=O)[nH]c3c2)nc(=O)[nH]1. The Kier molecular flexibility index (Phi) is 5.03. The van der Waals surface area contributed by atoms with Gasteiger partial charge in [0, 0.05) is 11.1 Å². The number of nitrogens with zero attached hydrogens (tertiary/aromatic N) is 1. The van der Waals surface area contributed by atoms with E-state index in [1.807, 2.05) is 36.4 Å². The van der Waals surface area contributed by atoms with Crippen LogP contribution < -0.4 is 16.1 Å². The number of H-pyrrole nitrogens is 3. The second-order valence-electron chi connectivity index (χ2n) is 7.35. The molecule has 29 heavy (non-hydrogen) atoms. The lowest BCUT2D eigenvalue weighted by Crippen LogP contribution is -2.12. The first kappa shape index (κ1) is 18.7. The van der Waals surface area contributed by atoms with Crippen molar-refractivity contribution in [3.8, 4) is 28.3 Å². The second kappa shape index (κ2) is 7.79. The number of hydrogen-bond acceptors (Lipinski definition) is 4. The number of para-hydroxylation sites is 1. The van der Waals surface area contributed by atoms with E-state index in [4.69, 9.17) is 4.74 Å². The molecular formula is C22H22N4O3. The van der Waals surface area contributed by atoms with Gasteiger partial charge in [-0.1, -0.05) is 32.0 Å². The molecule has 0 atom stereocenters. The highest BCUT2D eigenvalue weighted by Gasteiger charge is 2.11. The Morgan fingerprint density at radius 2 is 1.76 bits per heavy atom. The van der Waals surface area contributed by atoms with Crippen molar-refractivity contribution >= 4 is 11.0 Å². The van der Waals surface area contributed by atoms with Crippen LogP contribution in [-0.4, -0.2) is 26.5 Å². The molecule has 3 N–H and O–H groups in total. The second-order valence-corrected chi connectivity index (χ2v) is 7.35. The summed E-state index contributed by atoms with van der Waals surface area (Å²) in [5, 5.41) is 0. The molecular weight excluding hydrogens is 368 g/mol. The molecule has 4 rings (SSSR count). The van der Waals surface area contributed by atoms with Crippen molar-refractivity contribution < 1.29 is 4.74 Å². The van der Waals surface area contributed by atoms with Crippen LogP contribution in [0.4, 0.5) is 0 Å². The van der Waals surface area contributed by atoms with Gasteiger partial charge in [-0.25, -0.2) is 9.59 Å². The van der Waals surface area contributed by atoms with E-state index in [1.165, 1.54) is 0 Å². The summed E-state index contributed by atoms with van der Waals surface area (Å²) in [6.07, 6.45) is 0.946. The molecule has 148 valence electrons. The highest BCUT2D eigenvalue weighted by Crippen LogP contribution is 2.30. The first-order valence-electron chi connectivity index (χ1n) is 9.55. The van der Waals surface area contributed by atoms with Gasteiger partial charge in [-0.2, -0.15) is 4.98 Å². The number of nitrogens with one attached hydrogen (secondary N) is 3. The van der Waals surface area contributed by atoms with E-state index in [-0.39, 0.29) is 5.69 Å². The van der Waals surface area contributed by atoms with E-state index in [1.54, 1.807) is 12.1 Å². The van der Waals surface area contributed by atoms with Crippen molar-refractivity contribution in [3.05, 3.63) is 69.5 Å². The number of aromatic amines is 3. The normalized spacial score (nSPS) is 11.3. The van der Waals surface area contributed by atoms with Crippen LogP contribution in [0.15, 0.2) is 58.1 Å². The summed E-state index contributed by atoms with van der Waals surface area (Å²) >= 11 is 0. The Labute approximate surface area is 166 Å². The Morgan fingerprint density at radius 1 is 0.966 bits per heavy atom. The monoisotopic (exact) mass is 390 g/mol. The number of imidazole rings is 1. The zero-order valence-electron chi connectivity index (χ0n) is 16.3. The van der Waals surface area contributed by atoms with Crippen LogP contribution in [-0.2, 0) is 0 Å². The van der Waals surface area contributed by atoms with Crippen LogP contribution >= 0.6 is 0 Å². The van der Waals surface area contributed by atoms with Crippen molar-refractivity contribution in [2.75, 3.05) is 6.61 Å². The molecule has 0 radical (unpaired) electrons. The van der Waals surface area contributed by atoms with Gasteiger partial charge in [0.2, 0.25) is 0 Å². The third-order valence-electron chi connectivity index (χ3n) is 4.69. The fraction of sp³-hybridized carbons (Fsp3) is 0.227. The van der Waals surface area contributed by atoms with E-state index >= 15 is 0 Å². The average molecular weight is 390 g/mol. The fourth-order valence-electron chi connectivity index (χ4n) is 3.16. The molecule has 0 fully saturated rings. The molecule has 0 aliphatic heterocycles. The third-order valence-corrected chi connectivity index (χ3v) is 4.69. The van der Waals surface area contributed by atoms with Gasteiger partial charge in [-0.3, -0.25) is 0 Å². The molecule has 0 bridgehead atoms. The molecule has 2 aromatic heterocycles. The Bertz CT molecular complexity index is 1270. The zero-order chi connectivity index (χ0) is 20.4. The van der Waals surface area contributed by atoms with Crippen LogP contribution in [0, 0.1) is 5.92 Å². The van der Waals surface area contributed by atoms with E-state index in [9.17, 15) is 9.59 Å². The molecule has 7 nitrogen and oxygen atoms in total. The van der Waals surface area contributed by atoms with Crippen molar-refractivity contribution in [2.45, 2.75) is 20.3 Å². The number of fused-ring (bicyclic) bond motifs is 1. The zero-order valence-corrected chi connectivity index (χ0v) is 16.3. The molecule has 2 heterocycles. The predicted molar refractivity (Wildman–Crippen MR) is 113 cm³/mol. The molecule has 2 aromatic carbocycles. The highest BCUT2D eigenvalue weighted by atomic mass is 16.5. The minimum Gasteiger partial charge on any atom is -0.493 e. The van der Waals surface area contributed by atoms with Gasteiger partial charge in [-0.15, -0.1) is 0 Å². The lowest BCUT2D eigenvalue weighted by Gasteiger charge is -2.13. The smallest absolute Gasteiger partial charge is 0.345 e. The number of benzene rings is 2. The molecule has 0 unspecified atom stereocenters. The van der Waals surface area contributed by atoms with Crippen LogP contribution in [0.5, 0.6) is 5.75 Å². The lowest BCUT2D eigenvalue weighted by atomic mass is 10.1. The molecule has 0 spiro atoms. The number of hydrogen-bond donors (Lipinski definition) is 3. The summed E-state index contributed by atoms with van der Waals surface area (Å²) in [7, 11) is 0. The van der Waals surface area contributed by atoms with E-state index in [0.717, 1.165) is 17.5 Å². The first-order chi connectivity index (χ1) is 14.0. The van der Waals surface area contributed by atoms with Gasteiger partial charge in [0.1, 0.15) is 5.75 Å². The maximum atomic E-state index is 12.3. The lowest BCUT2D eigenvalue weighted by molar-refractivity contribution is 0.290. The summed E-state index contributed by atoms with van der Waals surface area (Å²) in [5.41, 5.74) is 3.32. The minimum atomic E-state index is -0.447. The standard InChI is InChI=1S/C22H22N4O3/c1-13(2)9-10-29-20-6-4-3-5-15(20)18-12-17(24-22(28)25-18)14-7-8-16-19(11-14)26-21(27)23-16/h3-8,11-13H,9-10H2,1-2H3,(H2,23,26,27)(H,24,25,28). The quantitative estimate of drug-likeness (QED) is 0.467.